The van der Waals surface area contributed by atoms with Gasteiger partial charge in [0.15, 0.2) is 11.5 Å². The second kappa shape index (κ2) is 12.7. The summed E-state index contributed by atoms with van der Waals surface area (Å²) in [6.45, 7) is 5.52. The van der Waals surface area contributed by atoms with Crippen molar-refractivity contribution in [3.8, 4) is 11.5 Å². The Morgan fingerprint density at radius 3 is 2.27 bits per heavy atom. The molecule has 2 aromatic rings. The smallest absolute Gasteiger partial charge is 0.244 e. The molecular weight excluding hydrogens is 541 g/mol. The molecule has 2 amide bonds. The van der Waals surface area contributed by atoms with Gasteiger partial charge in [-0.1, -0.05) is 36.2 Å². The van der Waals surface area contributed by atoms with E-state index in [1.807, 2.05) is 0 Å². The van der Waals surface area contributed by atoms with Crippen LogP contribution in [0.5, 0.6) is 11.5 Å². The van der Waals surface area contributed by atoms with E-state index in [9.17, 15) is 18.0 Å². The van der Waals surface area contributed by atoms with E-state index in [4.69, 9.17) is 32.7 Å². The number of hydrogen-bond donors (Lipinski definition) is 1. The van der Waals surface area contributed by atoms with Crippen molar-refractivity contribution in [3.05, 3.63) is 52.0 Å². The van der Waals surface area contributed by atoms with Crippen LogP contribution < -0.4 is 19.1 Å². The van der Waals surface area contributed by atoms with Crippen molar-refractivity contribution in [2.24, 2.45) is 0 Å². The summed E-state index contributed by atoms with van der Waals surface area (Å²) in [6.07, 6.45) is 0.296. The number of halogens is 2. The average Bonchev–Trinajstić information content (AvgIpc) is 2.88. The molecule has 1 aliphatic heterocycles. The van der Waals surface area contributed by atoms with Crippen LogP contribution >= 0.6 is 23.2 Å². The maximum absolute atomic E-state index is 13.8. The van der Waals surface area contributed by atoms with E-state index >= 15 is 0 Å². The van der Waals surface area contributed by atoms with Crippen molar-refractivity contribution in [1.82, 2.24) is 10.2 Å². The van der Waals surface area contributed by atoms with E-state index in [-0.39, 0.29) is 23.9 Å². The van der Waals surface area contributed by atoms with Gasteiger partial charge < -0.3 is 19.7 Å². The minimum atomic E-state index is -3.88. The Morgan fingerprint density at radius 2 is 1.68 bits per heavy atom. The lowest BCUT2D eigenvalue weighted by molar-refractivity contribution is -0.140. The second-order valence-corrected chi connectivity index (χ2v) is 11.3. The summed E-state index contributed by atoms with van der Waals surface area (Å²) in [6, 6.07) is 8.79. The number of likely N-dealkylation sites (N-methyl/N-ethyl adjacent to an activating group) is 1. The van der Waals surface area contributed by atoms with Crippen LogP contribution in [0.4, 0.5) is 5.69 Å². The maximum Gasteiger partial charge on any atom is 0.244 e. The number of nitrogens with zero attached hydrogens (tertiary/aromatic N) is 2. The summed E-state index contributed by atoms with van der Waals surface area (Å²) in [4.78, 5) is 28.1. The topological polar surface area (TPSA) is 105 Å². The lowest BCUT2D eigenvalue weighted by Gasteiger charge is -2.33. The van der Waals surface area contributed by atoms with Gasteiger partial charge in [0.1, 0.15) is 25.8 Å². The first-order valence-electron chi connectivity index (χ1n) is 12.0. The van der Waals surface area contributed by atoms with E-state index < -0.39 is 28.5 Å². The summed E-state index contributed by atoms with van der Waals surface area (Å²) in [5.74, 6) is -0.293. The Labute approximate surface area is 227 Å². The van der Waals surface area contributed by atoms with E-state index in [1.165, 1.54) is 17.9 Å². The predicted octanol–water partition coefficient (Wildman–Crippen LogP) is 3.86. The summed E-state index contributed by atoms with van der Waals surface area (Å²) in [7, 11) is -3.88. The molecule has 0 aliphatic carbocycles. The molecule has 0 saturated heterocycles. The average molecular weight is 573 g/mol. The first-order chi connectivity index (χ1) is 17.6. The molecular formula is C25H31Cl2N3O6S. The van der Waals surface area contributed by atoms with Crippen LogP contribution in [0.2, 0.25) is 10.0 Å². The van der Waals surface area contributed by atoms with E-state index in [1.54, 1.807) is 44.2 Å². The standard InChI is InChI=1S/C25H31Cl2N3O6S/c1-4-21(25(32)28-5-2)29(15-18-19(26)8-7-9-20(18)27)24(31)16-30(37(33,34)6-3)17-10-11-22-23(14-17)36-13-12-35-22/h7-11,14,21H,4-6,12-13,15-16H2,1-3H3,(H,28,32). The van der Waals surface area contributed by atoms with Gasteiger partial charge in [0.05, 0.1) is 11.4 Å². The molecule has 0 aromatic heterocycles. The van der Waals surface area contributed by atoms with Crippen LogP contribution in [0.15, 0.2) is 36.4 Å². The Bertz CT molecular complexity index is 1220. The normalized spacial score (nSPS) is 13.5. The molecule has 0 bridgehead atoms. The molecule has 1 aliphatic rings. The van der Waals surface area contributed by atoms with Crippen LogP contribution in [0.3, 0.4) is 0 Å². The summed E-state index contributed by atoms with van der Waals surface area (Å²) >= 11 is 12.8. The fourth-order valence-corrected chi connectivity index (χ4v) is 5.54. The number of hydrogen-bond acceptors (Lipinski definition) is 6. The number of ether oxygens (including phenoxy) is 2. The number of carbonyl (C=O) groups is 2. The molecule has 0 fully saturated rings. The van der Waals surface area contributed by atoms with Gasteiger partial charge in [-0.25, -0.2) is 8.42 Å². The highest BCUT2D eigenvalue weighted by Gasteiger charge is 2.33. The predicted molar refractivity (Wildman–Crippen MR) is 144 cm³/mol. The summed E-state index contributed by atoms with van der Waals surface area (Å²) < 4.78 is 38.4. The van der Waals surface area contributed by atoms with E-state index in [0.29, 0.717) is 53.3 Å². The minimum absolute atomic E-state index is 0.0753. The van der Waals surface area contributed by atoms with Gasteiger partial charge in [-0.2, -0.15) is 0 Å². The zero-order valence-corrected chi connectivity index (χ0v) is 23.3. The number of nitrogens with one attached hydrogen (secondary N) is 1. The molecule has 202 valence electrons. The second-order valence-electron chi connectivity index (χ2n) is 8.28. The summed E-state index contributed by atoms with van der Waals surface area (Å²) in [5, 5.41) is 3.41. The number of rotatable bonds is 11. The van der Waals surface area contributed by atoms with E-state index in [0.717, 1.165) is 4.31 Å². The SMILES string of the molecule is CCNC(=O)C(CC)N(Cc1c(Cl)cccc1Cl)C(=O)CN(c1ccc2c(c1)OCCO2)S(=O)(=O)CC. The van der Waals surface area contributed by atoms with Gasteiger partial charge in [-0.05, 0) is 44.5 Å². The van der Waals surface area contributed by atoms with Gasteiger partial charge in [0.25, 0.3) is 0 Å². The molecule has 0 saturated carbocycles. The number of fused-ring (bicyclic) bond motifs is 1. The lowest BCUT2D eigenvalue weighted by atomic mass is 10.1. The van der Waals surface area contributed by atoms with Crippen LogP contribution in [0, 0.1) is 0 Å². The van der Waals surface area contributed by atoms with Crippen molar-refractivity contribution in [2.75, 3.05) is 36.4 Å². The quantitative estimate of drug-likeness (QED) is 0.439. The van der Waals surface area contributed by atoms with Gasteiger partial charge in [-0.15, -0.1) is 0 Å². The number of anilines is 1. The highest BCUT2D eigenvalue weighted by Crippen LogP contribution is 2.35. The zero-order chi connectivity index (χ0) is 27.2. The zero-order valence-electron chi connectivity index (χ0n) is 21.0. The monoisotopic (exact) mass is 571 g/mol. The van der Waals surface area contributed by atoms with Crippen molar-refractivity contribution < 1.29 is 27.5 Å². The molecule has 12 heteroatoms. The van der Waals surface area contributed by atoms with Gasteiger partial charge in [0.2, 0.25) is 21.8 Å². The third kappa shape index (κ3) is 6.80. The maximum atomic E-state index is 13.8. The largest absolute Gasteiger partial charge is 0.486 e. The van der Waals surface area contributed by atoms with Crippen LogP contribution in [0.25, 0.3) is 0 Å². The van der Waals surface area contributed by atoms with Crippen LogP contribution in [-0.4, -0.2) is 63.2 Å². The number of sulfonamides is 1. The molecule has 1 N–H and O–H groups in total. The number of amides is 2. The Balaban J connectivity index is 2.02. The van der Waals surface area contributed by atoms with Crippen LogP contribution in [-0.2, 0) is 26.2 Å². The van der Waals surface area contributed by atoms with Crippen molar-refractivity contribution in [2.45, 2.75) is 39.8 Å². The van der Waals surface area contributed by atoms with Gasteiger partial charge in [-0.3, -0.25) is 13.9 Å². The molecule has 37 heavy (non-hydrogen) atoms. The van der Waals surface area contributed by atoms with Crippen molar-refractivity contribution >= 4 is 50.7 Å². The first-order valence-corrected chi connectivity index (χ1v) is 14.4. The molecule has 1 unspecified atom stereocenters. The third-order valence-corrected chi connectivity index (χ3v) is 8.37. The summed E-state index contributed by atoms with van der Waals surface area (Å²) in [5.41, 5.74) is 0.715. The fraction of sp³-hybridized carbons (Fsp3) is 0.440. The Hall–Kier alpha value is -2.69. The van der Waals surface area contributed by atoms with Crippen LogP contribution in [0.1, 0.15) is 32.8 Å². The molecule has 1 atom stereocenters. The molecule has 9 nitrogen and oxygen atoms in total. The fourth-order valence-electron chi connectivity index (χ4n) is 3.97. The molecule has 2 aromatic carbocycles. The highest BCUT2D eigenvalue weighted by molar-refractivity contribution is 7.92. The van der Waals surface area contributed by atoms with Gasteiger partial charge in [0, 0.05) is 34.8 Å². The first kappa shape index (κ1) is 28.9. The molecule has 3 rings (SSSR count). The van der Waals surface area contributed by atoms with Gasteiger partial charge >= 0.3 is 0 Å². The third-order valence-electron chi connectivity index (χ3n) is 5.92. The number of carbonyl (C=O) groups excluding carboxylic acids is 2. The Kier molecular flexibility index (Phi) is 9.92. The van der Waals surface area contributed by atoms with Crippen molar-refractivity contribution in [1.29, 1.82) is 0 Å². The minimum Gasteiger partial charge on any atom is -0.486 e. The molecule has 1 heterocycles. The highest BCUT2D eigenvalue weighted by atomic mass is 35.5. The Morgan fingerprint density at radius 1 is 1.03 bits per heavy atom. The van der Waals surface area contributed by atoms with Crippen molar-refractivity contribution in [3.63, 3.8) is 0 Å². The molecule has 0 spiro atoms. The number of benzene rings is 2. The van der Waals surface area contributed by atoms with E-state index in [2.05, 4.69) is 5.32 Å². The lowest BCUT2D eigenvalue weighted by Crippen LogP contribution is -2.52. The molecule has 0 radical (unpaired) electrons.